The summed E-state index contributed by atoms with van der Waals surface area (Å²) < 4.78 is 5.55. The van der Waals surface area contributed by atoms with Crippen LogP contribution in [-0.2, 0) is 11.3 Å². The van der Waals surface area contributed by atoms with Crippen molar-refractivity contribution in [3.05, 3.63) is 23.7 Å². The van der Waals surface area contributed by atoms with Gasteiger partial charge in [-0.15, -0.1) is 0 Å². The van der Waals surface area contributed by atoms with E-state index in [2.05, 4.69) is 10.6 Å². The molecule has 1 aliphatic carbocycles. The fraction of sp³-hybridized carbons (Fsp3) is 0.667. The lowest BCUT2D eigenvalue weighted by Gasteiger charge is -2.26. The first-order valence-electron chi connectivity index (χ1n) is 8.85. The summed E-state index contributed by atoms with van der Waals surface area (Å²) in [5.74, 6) is 1.60. The maximum Gasteiger partial charge on any atom is 0.318 e. The van der Waals surface area contributed by atoms with Crippen LogP contribution in [0.25, 0.3) is 0 Å². The number of hydrogen-bond acceptors (Lipinski definition) is 3. The zero-order valence-electron chi connectivity index (χ0n) is 14.9. The smallest absolute Gasteiger partial charge is 0.318 e. The number of aryl methyl sites for hydroxylation is 1. The molecule has 1 aliphatic rings. The molecule has 0 aromatic carbocycles. The highest BCUT2D eigenvalue weighted by atomic mass is 16.3. The summed E-state index contributed by atoms with van der Waals surface area (Å²) in [6, 6.07) is 3.96. The zero-order chi connectivity index (χ0) is 17.5. The van der Waals surface area contributed by atoms with E-state index >= 15 is 0 Å². The number of carbonyl (C=O) groups is 2. The van der Waals surface area contributed by atoms with Gasteiger partial charge >= 0.3 is 6.03 Å². The highest BCUT2D eigenvalue weighted by Gasteiger charge is 2.20. The molecule has 6 heteroatoms. The van der Waals surface area contributed by atoms with Crippen LogP contribution in [0.15, 0.2) is 16.5 Å². The number of nitrogens with zero attached hydrogens (tertiary/aromatic N) is 1. The van der Waals surface area contributed by atoms with Crippen molar-refractivity contribution in [2.75, 3.05) is 6.54 Å². The van der Waals surface area contributed by atoms with Crippen molar-refractivity contribution < 1.29 is 14.0 Å². The van der Waals surface area contributed by atoms with Crippen molar-refractivity contribution in [3.63, 3.8) is 0 Å². The summed E-state index contributed by atoms with van der Waals surface area (Å²) in [6.07, 6.45) is 4.84. The van der Waals surface area contributed by atoms with Gasteiger partial charge in [0.1, 0.15) is 11.5 Å². The number of furan rings is 1. The van der Waals surface area contributed by atoms with Crippen molar-refractivity contribution in [1.82, 2.24) is 15.5 Å². The third-order valence-corrected chi connectivity index (χ3v) is 4.35. The molecular weight excluding hydrogens is 306 g/mol. The van der Waals surface area contributed by atoms with Crippen LogP contribution in [0.5, 0.6) is 0 Å². The van der Waals surface area contributed by atoms with Gasteiger partial charge in [0.25, 0.3) is 0 Å². The molecule has 0 atom stereocenters. The molecule has 1 aromatic heterocycles. The summed E-state index contributed by atoms with van der Waals surface area (Å²) in [7, 11) is 0. The Labute approximate surface area is 144 Å². The molecule has 1 saturated carbocycles. The van der Waals surface area contributed by atoms with Crippen molar-refractivity contribution >= 4 is 11.9 Å². The second-order valence-electron chi connectivity index (χ2n) is 6.76. The highest BCUT2D eigenvalue weighted by molar-refractivity contribution is 5.78. The van der Waals surface area contributed by atoms with Crippen LogP contribution in [0, 0.1) is 6.92 Å². The molecule has 0 saturated heterocycles. The lowest BCUT2D eigenvalue weighted by Crippen LogP contribution is -2.44. The van der Waals surface area contributed by atoms with Gasteiger partial charge in [-0.3, -0.25) is 4.79 Å². The molecule has 1 fully saturated rings. The van der Waals surface area contributed by atoms with Gasteiger partial charge in [0.15, 0.2) is 0 Å². The molecule has 1 heterocycles. The third-order valence-electron chi connectivity index (χ3n) is 4.35. The predicted octanol–water partition coefficient (Wildman–Crippen LogP) is 2.96. The van der Waals surface area contributed by atoms with E-state index in [1.165, 1.54) is 12.8 Å². The van der Waals surface area contributed by atoms with E-state index in [1.807, 2.05) is 32.9 Å². The van der Waals surface area contributed by atoms with Crippen LogP contribution >= 0.6 is 0 Å². The first kappa shape index (κ1) is 18.4. The molecule has 0 unspecified atom stereocenters. The van der Waals surface area contributed by atoms with E-state index in [4.69, 9.17) is 4.42 Å². The Balaban J connectivity index is 1.74. The second-order valence-corrected chi connectivity index (χ2v) is 6.76. The quantitative estimate of drug-likeness (QED) is 0.804. The minimum atomic E-state index is -0.173. The topological polar surface area (TPSA) is 74.6 Å². The number of amides is 3. The summed E-state index contributed by atoms with van der Waals surface area (Å²) in [5.41, 5.74) is 0. The van der Waals surface area contributed by atoms with Gasteiger partial charge in [-0.2, -0.15) is 0 Å². The van der Waals surface area contributed by atoms with E-state index in [9.17, 15) is 9.59 Å². The summed E-state index contributed by atoms with van der Waals surface area (Å²) in [5, 5.41) is 5.86. The monoisotopic (exact) mass is 335 g/mol. The Morgan fingerprint density at radius 1 is 1.29 bits per heavy atom. The standard InChI is InChI=1S/C18H29N3O3/c1-13(2)21(12-16-9-8-14(3)24-16)18(23)19-11-10-17(22)20-15-6-4-5-7-15/h8-9,13,15H,4-7,10-12H2,1-3H3,(H,19,23)(H,20,22). The average Bonchev–Trinajstić information content (AvgIpc) is 3.16. The first-order valence-corrected chi connectivity index (χ1v) is 8.85. The van der Waals surface area contributed by atoms with Crippen molar-refractivity contribution in [2.24, 2.45) is 0 Å². The van der Waals surface area contributed by atoms with Gasteiger partial charge < -0.3 is 20.0 Å². The van der Waals surface area contributed by atoms with E-state index in [-0.39, 0.29) is 18.0 Å². The average molecular weight is 335 g/mol. The highest BCUT2D eigenvalue weighted by Crippen LogP contribution is 2.17. The maximum absolute atomic E-state index is 12.4. The largest absolute Gasteiger partial charge is 0.464 e. The fourth-order valence-electron chi connectivity index (χ4n) is 2.98. The van der Waals surface area contributed by atoms with E-state index in [1.54, 1.807) is 4.90 Å². The Morgan fingerprint density at radius 3 is 2.58 bits per heavy atom. The molecule has 2 N–H and O–H groups in total. The Bertz CT molecular complexity index is 547. The number of rotatable bonds is 7. The van der Waals surface area contributed by atoms with Crippen LogP contribution in [0.1, 0.15) is 57.5 Å². The van der Waals surface area contributed by atoms with Crippen LogP contribution < -0.4 is 10.6 Å². The van der Waals surface area contributed by atoms with Gasteiger partial charge in [-0.05, 0) is 45.7 Å². The van der Waals surface area contributed by atoms with Gasteiger partial charge in [-0.25, -0.2) is 4.79 Å². The molecule has 2 rings (SSSR count). The van der Waals surface area contributed by atoms with Gasteiger partial charge in [0.05, 0.1) is 6.54 Å². The van der Waals surface area contributed by atoms with Crippen molar-refractivity contribution in [2.45, 2.75) is 71.5 Å². The number of carbonyl (C=O) groups excluding carboxylic acids is 2. The molecular formula is C18H29N3O3. The van der Waals surface area contributed by atoms with Crippen molar-refractivity contribution in [3.8, 4) is 0 Å². The Kier molecular flexibility index (Phi) is 6.70. The number of hydrogen-bond donors (Lipinski definition) is 2. The Morgan fingerprint density at radius 2 is 2.00 bits per heavy atom. The summed E-state index contributed by atoms with van der Waals surface area (Å²) in [4.78, 5) is 26.0. The second kappa shape index (κ2) is 8.76. The van der Waals surface area contributed by atoms with Gasteiger partial charge in [0, 0.05) is 25.0 Å². The number of nitrogens with one attached hydrogen (secondary N) is 2. The SMILES string of the molecule is Cc1ccc(CN(C(=O)NCCC(=O)NC2CCCC2)C(C)C)o1. The molecule has 1 aromatic rings. The normalized spacial score (nSPS) is 14.8. The van der Waals surface area contributed by atoms with Gasteiger partial charge in [-0.1, -0.05) is 12.8 Å². The van der Waals surface area contributed by atoms with Crippen molar-refractivity contribution in [1.29, 1.82) is 0 Å². The molecule has 0 aliphatic heterocycles. The molecule has 0 bridgehead atoms. The van der Waals surface area contributed by atoms with Crippen LogP contribution in [0.3, 0.4) is 0 Å². The zero-order valence-corrected chi connectivity index (χ0v) is 14.9. The summed E-state index contributed by atoms with van der Waals surface area (Å²) >= 11 is 0. The van der Waals surface area contributed by atoms with E-state index in [0.717, 1.165) is 24.4 Å². The maximum atomic E-state index is 12.4. The Hall–Kier alpha value is -1.98. The lowest BCUT2D eigenvalue weighted by molar-refractivity contribution is -0.121. The van der Waals surface area contributed by atoms with E-state index in [0.29, 0.717) is 25.6 Å². The van der Waals surface area contributed by atoms with Crippen LogP contribution in [0.2, 0.25) is 0 Å². The molecule has 6 nitrogen and oxygen atoms in total. The molecule has 0 spiro atoms. The summed E-state index contributed by atoms with van der Waals surface area (Å²) in [6.45, 7) is 6.57. The molecule has 0 radical (unpaired) electrons. The van der Waals surface area contributed by atoms with Crippen LogP contribution in [0.4, 0.5) is 4.79 Å². The molecule has 3 amide bonds. The van der Waals surface area contributed by atoms with Crippen LogP contribution in [-0.4, -0.2) is 35.5 Å². The fourth-order valence-corrected chi connectivity index (χ4v) is 2.98. The minimum Gasteiger partial charge on any atom is -0.464 e. The molecule has 24 heavy (non-hydrogen) atoms. The minimum absolute atomic E-state index is 0.0138. The first-order chi connectivity index (χ1) is 11.5. The third kappa shape index (κ3) is 5.58. The molecule has 134 valence electrons. The number of urea groups is 1. The predicted molar refractivity (Wildman–Crippen MR) is 92.5 cm³/mol. The van der Waals surface area contributed by atoms with Gasteiger partial charge in [0.2, 0.25) is 5.91 Å². The van der Waals surface area contributed by atoms with E-state index < -0.39 is 0 Å². The lowest BCUT2D eigenvalue weighted by atomic mass is 10.2.